The Labute approximate surface area is 225 Å². The lowest BCUT2D eigenvalue weighted by Gasteiger charge is -2.43. The Morgan fingerprint density at radius 2 is 1.70 bits per heavy atom. The quantitative estimate of drug-likeness (QED) is 0.279. The van der Waals surface area contributed by atoms with Crippen molar-refractivity contribution in [3.8, 4) is 17.2 Å². The second-order valence-corrected chi connectivity index (χ2v) is 12.1. The molecule has 0 spiro atoms. The lowest BCUT2D eigenvalue weighted by molar-refractivity contribution is -0.132. The molecule has 3 aliphatic carbocycles. The van der Waals surface area contributed by atoms with E-state index in [-0.39, 0.29) is 33.8 Å². The number of halogens is 2. The minimum Gasteiger partial charge on any atom is -0.492 e. The third-order valence-electron chi connectivity index (χ3n) is 7.17. The van der Waals surface area contributed by atoms with Crippen molar-refractivity contribution in [2.45, 2.75) is 35.4 Å². The smallest absolute Gasteiger partial charge is 0.339 e. The number of rotatable bonds is 6. The number of nitrogens with zero attached hydrogens (tertiary/aromatic N) is 1. The number of benzene rings is 2. The summed E-state index contributed by atoms with van der Waals surface area (Å²) in [4.78, 5) is 17.8. The number of fused-ring (bicyclic) bond motifs is 4. The van der Waals surface area contributed by atoms with Crippen molar-refractivity contribution in [3.63, 3.8) is 0 Å². The topological polar surface area (TPSA) is 100 Å². The molecule has 1 fully saturated rings. The molecule has 0 saturated heterocycles. The monoisotopic (exact) mass is 565 g/mol. The highest BCUT2D eigenvalue weighted by Crippen LogP contribution is 2.64. The zero-order valence-electron chi connectivity index (χ0n) is 20.6. The van der Waals surface area contributed by atoms with Gasteiger partial charge in [-0.25, -0.2) is 0 Å². The second-order valence-electron chi connectivity index (χ2n) is 9.21. The van der Waals surface area contributed by atoms with E-state index in [1.54, 1.807) is 18.2 Å². The fourth-order valence-electron chi connectivity index (χ4n) is 5.49. The van der Waals surface area contributed by atoms with E-state index in [0.29, 0.717) is 30.5 Å². The van der Waals surface area contributed by atoms with Crippen LogP contribution in [-0.4, -0.2) is 45.6 Å². The largest absolute Gasteiger partial charge is 0.492 e. The Morgan fingerprint density at radius 3 is 2.32 bits per heavy atom. The Kier molecular flexibility index (Phi) is 6.45. The van der Waals surface area contributed by atoms with Crippen LogP contribution >= 0.6 is 23.2 Å². The number of carbonyl (C=O) groups excluding carboxylic acids is 1. The first kappa shape index (κ1) is 25.9. The molecule has 2 aromatic rings. The molecule has 1 saturated carbocycles. The van der Waals surface area contributed by atoms with Gasteiger partial charge in [0.2, 0.25) is 5.75 Å². The summed E-state index contributed by atoms with van der Waals surface area (Å²) >= 11 is 13.0. The molecule has 3 aliphatic rings. The number of aryl methyl sites for hydroxylation is 2. The van der Waals surface area contributed by atoms with Gasteiger partial charge in [-0.15, -0.1) is 0 Å². The molecule has 0 radical (unpaired) electrons. The van der Waals surface area contributed by atoms with E-state index in [1.165, 1.54) is 33.5 Å². The third-order valence-corrected chi connectivity index (χ3v) is 9.26. The van der Waals surface area contributed by atoms with Crippen molar-refractivity contribution in [1.29, 1.82) is 0 Å². The van der Waals surface area contributed by atoms with E-state index >= 15 is 0 Å². The van der Waals surface area contributed by atoms with Gasteiger partial charge in [0.1, 0.15) is 12.0 Å². The first-order valence-electron chi connectivity index (χ1n) is 11.6. The summed E-state index contributed by atoms with van der Waals surface area (Å²) in [5.41, 5.74) is 4.54. The normalized spacial score (nSPS) is 23.0. The summed E-state index contributed by atoms with van der Waals surface area (Å²) in [6.45, 7) is 1.86. The lowest BCUT2D eigenvalue weighted by atomic mass is 9.69. The fraction of sp³-hybridized carbons (Fsp3) is 0.385. The Bertz CT molecular complexity index is 1460. The van der Waals surface area contributed by atoms with Gasteiger partial charge in [0.15, 0.2) is 21.6 Å². The van der Waals surface area contributed by atoms with Gasteiger partial charge in [0.25, 0.3) is 0 Å². The second kappa shape index (κ2) is 9.22. The SMILES string of the molecule is CON=C1CCc2cc(OS(=O)(=O)c3ccc(C)cc3)c(OC)c(OC)c2C2=C1CC1C(=O)C(Cl)(Cl)C21. The number of carbonyl (C=O) groups is 1. The van der Waals surface area contributed by atoms with Crippen LogP contribution in [-0.2, 0) is 26.2 Å². The highest BCUT2D eigenvalue weighted by atomic mass is 35.5. The predicted molar refractivity (Wildman–Crippen MR) is 139 cm³/mol. The van der Waals surface area contributed by atoms with Gasteiger partial charge in [-0.3, -0.25) is 4.79 Å². The third kappa shape index (κ3) is 3.99. The highest BCUT2D eigenvalue weighted by Gasteiger charge is 2.65. The van der Waals surface area contributed by atoms with Gasteiger partial charge in [0, 0.05) is 17.4 Å². The molecule has 5 rings (SSSR count). The van der Waals surface area contributed by atoms with Crippen molar-refractivity contribution in [3.05, 3.63) is 52.6 Å². The predicted octanol–water partition coefficient (Wildman–Crippen LogP) is 4.87. The minimum atomic E-state index is -4.17. The fourth-order valence-corrected chi connectivity index (χ4v) is 7.22. The summed E-state index contributed by atoms with van der Waals surface area (Å²) in [5.74, 6) is -0.762. The van der Waals surface area contributed by atoms with Gasteiger partial charge in [0.05, 0.1) is 19.9 Å². The molecule has 2 aromatic carbocycles. The van der Waals surface area contributed by atoms with Crippen LogP contribution in [0.1, 0.15) is 29.5 Å². The summed E-state index contributed by atoms with van der Waals surface area (Å²) < 4.78 is 41.7. The van der Waals surface area contributed by atoms with Crippen LogP contribution in [0.2, 0.25) is 0 Å². The van der Waals surface area contributed by atoms with E-state index in [4.69, 9.17) is 41.7 Å². The average Bonchev–Trinajstić information content (AvgIpc) is 3.17. The molecule has 0 N–H and O–H groups in total. The van der Waals surface area contributed by atoms with E-state index in [2.05, 4.69) is 5.16 Å². The van der Waals surface area contributed by atoms with Gasteiger partial charge in [-0.05, 0) is 61.1 Å². The van der Waals surface area contributed by atoms with Gasteiger partial charge < -0.3 is 18.5 Å². The van der Waals surface area contributed by atoms with Crippen molar-refractivity contribution < 1.29 is 31.7 Å². The molecule has 2 unspecified atom stereocenters. The van der Waals surface area contributed by atoms with Crippen molar-refractivity contribution >= 4 is 50.4 Å². The molecular formula is C26H25Cl2NO7S. The first-order chi connectivity index (χ1) is 17.5. The average molecular weight is 566 g/mol. The van der Waals surface area contributed by atoms with Crippen LogP contribution < -0.4 is 13.7 Å². The summed E-state index contributed by atoms with van der Waals surface area (Å²) in [6.07, 6.45) is 1.37. The van der Waals surface area contributed by atoms with Crippen LogP contribution in [0.15, 0.2) is 46.0 Å². The van der Waals surface area contributed by atoms with Crippen molar-refractivity contribution in [1.82, 2.24) is 0 Å². The maximum absolute atomic E-state index is 13.1. The number of ether oxygens (including phenoxy) is 2. The van der Waals surface area contributed by atoms with Crippen LogP contribution in [0.4, 0.5) is 0 Å². The number of alkyl halides is 2. The minimum absolute atomic E-state index is 0.00857. The maximum Gasteiger partial charge on any atom is 0.339 e. The van der Waals surface area contributed by atoms with Crippen LogP contribution in [0.25, 0.3) is 5.57 Å². The van der Waals surface area contributed by atoms with Gasteiger partial charge in [-0.2, -0.15) is 8.42 Å². The maximum atomic E-state index is 13.1. The first-order valence-corrected chi connectivity index (χ1v) is 13.8. The number of hydrogen-bond donors (Lipinski definition) is 0. The number of oxime groups is 1. The number of methoxy groups -OCH3 is 2. The molecule has 0 heterocycles. The van der Waals surface area contributed by atoms with Crippen LogP contribution in [0.3, 0.4) is 0 Å². The Morgan fingerprint density at radius 1 is 1.03 bits per heavy atom. The molecule has 0 amide bonds. The van der Waals surface area contributed by atoms with Gasteiger partial charge in [-0.1, -0.05) is 46.1 Å². The zero-order chi connectivity index (χ0) is 26.7. The summed E-state index contributed by atoms with van der Waals surface area (Å²) in [5, 5.41) is 4.23. The van der Waals surface area contributed by atoms with E-state index in [9.17, 15) is 13.2 Å². The summed E-state index contributed by atoms with van der Waals surface area (Å²) in [7, 11) is 0.142. The number of ketones is 1. The molecule has 37 heavy (non-hydrogen) atoms. The molecule has 196 valence electrons. The molecule has 8 nitrogen and oxygen atoms in total. The number of hydrogen-bond acceptors (Lipinski definition) is 8. The Balaban J connectivity index is 1.70. The van der Waals surface area contributed by atoms with Crippen LogP contribution in [0.5, 0.6) is 17.2 Å². The Hall–Kier alpha value is -2.75. The molecule has 2 atom stereocenters. The van der Waals surface area contributed by atoms with Crippen molar-refractivity contribution in [2.24, 2.45) is 17.0 Å². The van der Waals surface area contributed by atoms with E-state index in [0.717, 1.165) is 22.3 Å². The van der Waals surface area contributed by atoms with E-state index in [1.807, 2.05) is 6.92 Å². The standard InChI is InChI=1S/C26H25Cl2NO7S/c1-13-5-8-15(9-6-13)37(31,32)36-19-11-14-7-10-18(29-35-4)16-12-17-22(26(27,28)25(17)30)21(16)20(14)24(34-3)23(19)33-2/h5-6,8-9,11,17,22H,7,10,12H2,1-4H3. The molecular weight excluding hydrogens is 541 g/mol. The lowest BCUT2D eigenvalue weighted by Crippen LogP contribution is -2.54. The number of Topliss-reactive ketones (excluding diaryl/α,β-unsaturated/α-hetero) is 1. The van der Waals surface area contributed by atoms with Crippen LogP contribution in [0, 0.1) is 18.8 Å². The molecule has 0 bridgehead atoms. The number of allylic oxidation sites excluding steroid dienone is 2. The van der Waals surface area contributed by atoms with E-state index < -0.39 is 20.4 Å². The summed E-state index contributed by atoms with van der Waals surface area (Å²) in [6, 6.07) is 7.97. The molecule has 11 heteroatoms. The van der Waals surface area contributed by atoms with Crippen molar-refractivity contribution in [2.75, 3.05) is 21.3 Å². The molecule has 0 aromatic heterocycles. The highest BCUT2D eigenvalue weighted by molar-refractivity contribution is 7.87. The molecule has 0 aliphatic heterocycles. The van der Waals surface area contributed by atoms with Gasteiger partial charge >= 0.3 is 10.1 Å². The zero-order valence-corrected chi connectivity index (χ0v) is 23.0.